The summed E-state index contributed by atoms with van der Waals surface area (Å²) in [6.45, 7) is 1.63. The zero-order valence-corrected chi connectivity index (χ0v) is 11.3. The highest BCUT2D eigenvalue weighted by molar-refractivity contribution is 5.95. The van der Waals surface area contributed by atoms with Crippen molar-refractivity contribution in [3.05, 3.63) is 29.6 Å². The van der Waals surface area contributed by atoms with Crippen LogP contribution in [0.3, 0.4) is 0 Å². The van der Waals surface area contributed by atoms with Crippen molar-refractivity contribution in [1.29, 1.82) is 0 Å². The van der Waals surface area contributed by atoms with E-state index in [-0.39, 0.29) is 23.3 Å². The molecule has 0 radical (unpaired) electrons. The SMILES string of the molecule is O=C(c1ccc(O)cc1F)N(CC1CCCN1)C1CC1. The lowest BCUT2D eigenvalue weighted by Crippen LogP contribution is -2.42. The first kappa shape index (κ1) is 13.4. The summed E-state index contributed by atoms with van der Waals surface area (Å²) in [6.07, 6.45) is 4.19. The fourth-order valence-corrected chi connectivity index (χ4v) is 2.77. The van der Waals surface area contributed by atoms with Crippen molar-refractivity contribution in [3.63, 3.8) is 0 Å². The van der Waals surface area contributed by atoms with E-state index in [1.165, 1.54) is 12.1 Å². The number of carbonyl (C=O) groups is 1. The van der Waals surface area contributed by atoms with E-state index in [4.69, 9.17) is 0 Å². The van der Waals surface area contributed by atoms with Gasteiger partial charge in [-0.15, -0.1) is 0 Å². The minimum atomic E-state index is -0.653. The van der Waals surface area contributed by atoms with Gasteiger partial charge in [0.2, 0.25) is 0 Å². The zero-order valence-electron chi connectivity index (χ0n) is 11.3. The van der Waals surface area contributed by atoms with Gasteiger partial charge in [0.1, 0.15) is 11.6 Å². The largest absolute Gasteiger partial charge is 0.508 e. The van der Waals surface area contributed by atoms with Gasteiger partial charge in [-0.25, -0.2) is 4.39 Å². The number of phenolic OH excluding ortho intramolecular Hbond substituents is 1. The Morgan fingerprint density at radius 2 is 2.20 bits per heavy atom. The van der Waals surface area contributed by atoms with Crippen molar-refractivity contribution in [3.8, 4) is 5.75 Å². The third-order valence-corrected chi connectivity index (χ3v) is 4.01. The molecule has 1 aliphatic carbocycles. The van der Waals surface area contributed by atoms with Gasteiger partial charge < -0.3 is 15.3 Å². The molecule has 2 N–H and O–H groups in total. The Bertz CT molecular complexity index is 511. The molecule has 1 aliphatic heterocycles. The number of benzene rings is 1. The molecule has 2 aliphatic rings. The van der Waals surface area contributed by atoms with E-state index in [0.29, 0.717) is 12.6 Å². The van der Waals surface area contributed by atoms with Crippen LogP contribution in [0.2, 0.25) is 0 Å². The molecule has 108 valence electrons. The van der Waals surface area contributed by atoms with Crippen molar-refractivity contribution in [2.24, 2.45) is 0 Å². The summed E-state index contributed by atoms with van der Waals surface area (Å²) in [5.74, 6) is -1.08. The highest BCUT2D eigenvalue weighted by atomic mass is 19.1. The summed E-state index contributed by atoms with van der Waals surface area (Å²) >= 11 is 0. The number of amides is 1. The van der Waals surface area contributed by atoms with Crippen LogP contribution in [0.1, 0.15) is 36.0 Å². The average Bonchev–Trinajstić information content (AvgIpc) is 3.12. The lowest BCUT2D eigenvalue weighted by Gasteiger charge is -2.26. The molecule has 1 saturated carbocycles. The second-order valence-electron chi connectivity index (χ2n) is 5.65. The van der Waals surface area contributed by atoms with Crippen LogP contribution in [-0.2, 0) is 0 Å². The molecule has 3 rings (SSSR count). The first-order valence-corrected chi connectivity index (χ1v) is 7.18. The van der Waals surface area contributed by atoms with Gasteiger partial charge >= 0.3 is 0 Å². The van der Waals surface area contributed by atoms with E-state index in [9.17, 15) is 14.3 Å². The summed E-state index contributed by atoms with van der Waals surface area (Å²) in [6, 6.07) is 4.28. The smallest absolute Gasteiger partial charge is 0.257 e. The predicted molar refractivity (Wildman–Crippen MR) is 73.1 cm³/mol. The second kappa shape index (κ2) is 5.40. The van der Waals surface area contributed by atoms with Gasteiger partial charge in [0.15, 0.2) is 0 Å². The molecule has 20 heavy (non-hydrogen) atoms. The van der Waals surface area contributed by atoms with Crippen LogP contribution in [-0.4, -0.2) is 41.1 Å². The molecule has 1 unspecified atom stereocenters. The van der Waals surface area contributed by atoms with E-state index in [0.717, 1.165) is 38.3 Å². The van der Waals surface area contributed by atoms with Crippen LogP contribution in [0, 0.1) is 5.82 Å². The van der Waals surface area contributed by atoms with Gasteiger partial charge in [-0.2, -0.15) is 0 Å². The lowest BCUT2D eigenvalue weighted by molar-refractivity contribution is 0.0724. The number of hydrogen-bond donors (Lipinski definition) is 2. The lowest BCUT2D eigenvalue weighted by atomic mass is 10.1. The number of aromatic hydroxyl groups is 1. The minimum Gasteiger partial charge on any atom is -0.508 e. The van der Waals surface area contributed by atoms with Crippen molar-refractivity contribution < 1.29 is 14.3 Å². The number of phenols is 1. The van der Waals surface area contributed by atoms with E-state index in [1.807, 2.05) is 0 Å². The summed E-state index contributed by atoms with van der Waals surface area (Å²) in [5.41, 5.74) is 0.0488. The highest BCUT2D eigenvalue weighted by Crippen LogP contribution is 2.30. The van der Waals surface area contributed by atoms with Gasteiger partial charge in [-0.3, -0.25) is 4.79 Å². The predicted octanol–water partition coefficient (Wildman–Crippen LogP) is 1.89. The molecule has 0 bridgehead atoms. The Labute approximate surface area is 117 Å². The van der Waals surface area contributed by atoms with Crippen LogP contribution >= 0.6 is 0 Å². The fraction of sp³-hybridized carbons (Fsp3) is 0.533. The molecule has 4 nitrogen and oxygen atoms in total. The number of nitrogens with one attached hydrogen (secondary N) is 1. The topological polar surface area (TPSA) is 52.6 Å². The van der Waals surface area contributed by atoms with Crippen LogP contribution in [0.5, 0.6) is 5.75 Å². The zero-order chi connectivity index (χ0) is 14.1. The van der Waals surface area contributed by atoms with Gasteiger partial charge in [-0.05, 0) is 44.4 Å². The van der Waals surface area contributed by atoms with Gasteiger partial charge in [0.05, 0.1) is 5.56 Å². The van der Waals surface area contributed by atoms with Crippen LogP contribution in [0.4, 0.5) is 4.39 Å². The first-order valence-electron chi connectivity index (χ1n) is 7.18. The molecular weight excluding hydrogens is 259 g/mol. The quantitative estimate of drug-likeness (QED) is 0.884. The van der Waals surface area contributed by atoms with Crippen molar-refractivity contribution in [2.45, 2.75) is 37.8 Å². The molecule has 1 saturated heterocycles. The molecular formula is C15H19FN2O2. The van der Waals surface area contributed by atoms with Crippen LogP contribution in [0.25, 0.3) is 0 Å². The van der Waals surface area contributed by atoms with Gasteiger partial charge in [0, 0.05) is 24.7 Å². The Kier molecular flexibility index (Phi) is 3.61. The van der Waals surface area contributed by atoms with Crippen LogP contribution < -0.4 is 5.32 Å². The second-order valence-corrected chi connectivity index (χ2v) is 5.65. The normalized spacial score (nSPS) is 21.9. The first-order chi connectivity index (χ1) is 9.65. The summed E-state index contributed by atoms with van der Waals surface area (Å²) < 4.78 is 13.8. The number of rotatable bonds is 4. The number of carbonyl (C=O) groups excluding carboxylic acids is 1. The third kappa shape index (κ3) is 2.77. The summed E-state index contributed by atoms with van der Waals surface area (Å²) in [4.78, 5) is 14.3. The number of nitrogens with zero attached hydrogens (tertiary/aromatic N) is 1. The van der Waals surface area contributed by atoms with Gasteiger partial charge in [-0.1, -0.05) is 0 Å². The van der Waals surface area contributed by atoms with E-state index in [2.05, 4.69) is 5.32 Å². The van der Waals surface area contributed by atoms with Gasteiger partial charge in [0.25, 0.3) is 5.91 Å². The van der Waals surface area contributed by atoms with Crippen molar-refractivity contribution >= 4 is 5.91 Å². The maximum absolute atomic E-state index is 13.8. The molecule has 1 aromatic rings. The minimum absolute atomic E-state index is 0.0488. The van der Waals surface area contributed by atoms with Crippen molar-refractivity contribution in [2.75, 3.05) is 13.1 Å². The monoisotopic (exact) mass is 278 g/mol. The highest BCUT2D eigenvalue weighted by Gasteiger charge is 2.35. The van der Waals surface area contributed by atoms with Crippen LogP contribution in [0.15, 0.2) is 18.2 Å². The Balaban J connectivity index is 1.77. The molecule has 5 heteroatoms. The maximum Gasteiger partial charge on any atom is 0.257 e. The Morgan fingerprint density at radius 1 is 1.40 bits per heavy atom. The molecule has 1 heterocycles. The molecule has 1 atom stereocenters. The third-order valence-electron chi connectivity index (χ3n) is 4.01. The molecule has 1 aromatic carbocycles. The fourth-order valence-electron chi connectivity index (χ4n) is 2.77. The molecule has 0 spiro atoms. The molecule has 1 amide bonds. The van der Waals surface area contributed by atoms with E-state index < -0.39 is 5.82 Å². The Morgan fingerprint density at radius 3 is 2.80 bits per heavy atom. The number of hydrogen-bond acceptors (Lipinski definition) is 3. The molecule has 0 aromatic heterocycles. The summed E-state index contributed by atoms with van der Waals surface area (Å²) in [7, 11) is 0. The molecule has 2 fully saturated rings. The van der Waals surface area contributed by atoms with E-state index >= 15 is 0 Å². The maximum atomic E-state index is 13.8. The van der Waals surface area contributed by atoms with E-state index in [1.54, 1.807) is 4.90 Å². The van der Waals surface area contributed by atoms with Crippen molar-refractivity contribution in [1.82, 2.24) is 10.2 Å². The average molecular weight is 278 g/mol. The summed E-state index contributed by atoms with van der Waals surface area (Å²) in [5, 5.41) is 12.6. The Hall–Kier alpha value is -1.62. The standard InChI is InChI=1S/C15H19FN2O2/c16-14-8-12(19)5-6-13(14)15(20)18(11-3-4-11)9-10-2-1-7-17-10/h5-6,8,10-11,17,19H,1-4,7,9H2. The number of halogens is 1.